The molecular weight excluding hydrogens is 166 g/mol. The van der Waals surface area contributed by atoms with Gasteiger partial charge in [0.05, 0.1) is 12.5 Å². The van der Waals surface area contributed by atoms with E-state index in [4.69, 9.17) is 5.26 Å². The van der Waals surface area contributed by atoms with Gasteiger partial charge >= 0.3 is 0 Å². The Morgan fingerprint density at radius 3 is 3.15 bits per heavy atom. The number of rotatable bonds is 2. The summed E-state index contributed by atoms with van der Waals surface area (Å²) in [4.78, 5) is 13.2. The van der Waals surface area contributed by atoms with Crippen LogP contribution in [0.2, 0.25) is 0 Å². The lowest BCUT2D eigenvalue weighted by Gasteiger charge is -2.24. The fourth-order valence-electron chi connectivity index (χ4n) is 1.49. The zero-order valence-corrected chi connectivity index (χ0v) is 7.92. The van der Waals surface area contributed by atoms with Crippen molar-refractivity contribution in [1.29, 1.82) is 5.26 Å². The summed E-state index contributed by atoms with van der Waals surface area (Å²) in [7, 11) is 0. The lowest BCUT2D eigenvalue weighted by atomic mass is 10.2. The Kier molecular flexibility index (Phi) is 3.71. The number of nitrogens with zero attached hydrogens (tertiary/aromatic N) is 2. The molecule has 0 bridgehead atoms. The molecule has 1 rings (SSSR count). The van der Waals surface area contributed by atoms with Crippen molar-refractivity contribution in [2.24, 2.45) is 0 Å². The third kappa shape index (κ3) is 3.03. The first kappa shape index (κ1) is 10.0. The Balaban J connectivity index is 2.42. The first-order valence-electron chi connectivity index (χ1n) is 4.61. The Labute approximate surface area is 78.5 Å². The number of carbonyl (C=O) groups excluding carboxylic acids is 1. The molecule has 1 amide bonds. The summed E-state index contributed by atoms with van der Waals surface area (Å²) in [6.07, 6.45) is 1.09. The molecule has 0 aliphatic carbocycles. The van der Waals surface area contributed by atoms with Crippen LogP contribution >= 0.6 is 0 Å². The number of nitriles is 1. The molecule has 1 aliphatic rings. The standard InChI is InChI=1S/C9H15N3O/c1-8(2-4-10)12-6-3-9(13)11-5-7-12/h8H,2-3,5-7H2,1H3,(H,11,13). The lowest BCUT2D eigenvalue weighted by molar-refractivity contribution is -0.120. The van der Waals surface area contributed by atoms with Crippen molar-refractivity contribution in [3.63, 3.8) is 0 Å². The van der Waals surface area contributed by atoms with E-state index in [1.807, 2.05) is 6.92 Å². The second kappa shape index (κ2) is 4.83. The molecule has 13 heavy (non-hydrogen) atoms. The monoisotopic (exact) mass is 181 g/mol. The predicted molar refractivity (Wildman–Crippen MR) is 48.9 cm³/mol. The Hall–Kier alpha value is -1.08. The summed E-state index contributed by atoms with van der Waals surface area (Å²) >= 11 is 0. The molecule has 0 aromatic heterocycles. The second-order valence-electron chi connectivity index (χ2n) is 3.35. The van der Waals surface area contributed by atoms with Crippen LogP contribution in [0.25, 0.3) is 0 Å². The molecule has 0 aromatic rings. The van der Waals surface area contributed by atoms with Gasteiger partial charge in [0.15, 0.2) is 0 Å². The highest BCUT2D eigenvalue weighted by Crippen LogP contribution is 2.05. The Bertz CT molecular complexity index is 221. The Morgan fingerprint density at radius 1 is 1.69 bits per heavy atom. The van der Waals surface area contributed by atoms with Crippen molar-refractivity contribution >= 4 is 5.91 Å². The smallest absolute Gasteiger partial charge is 0.221 e. The van der Waals surface area contributed by atoms with Crippen LogP contribution in [0.5, 0.6) is 0 Å². The molecular formula is C9H15N3O. The maximum Gasteiger partial charge on any atom is 0.221 e. The minimum atomic E-state index is 0.117. The Morgan fingerprint density at radius 2 is 2.46 bits per heavy atom. The number of hydrogen-bond donors (Lipinski definition) is 1. The van der Waals surface area contributed by atoms with Gasteiger partial charge in [0.25, 0.3) is 0 Å². The van der Waals surface area contributed by atoms with Gasteiger partial charge in [0.2, 0.25) is 5.91 Å². The van der Waals surface area contributed by atoms with E-state index in [-0.39, 0.29) is 11.9 Å². The van der Waals surface area contributed by atoms with Gasteiger partial charge in [-0.1, -0.05) is 0 Å². The molecule has 0 spiro atoms. The number of carbonyl (C=O) groups is 1. The summed E-state index contributed by atoms with van der Waals surface area (Å²) < 4.78 is 0. The van der Waals surface area contributed by atoms with Crippen LogP contribution in [0.4, 0.5) is 0 Å². The number of nitrogens with one attached hydrogen (secondary N) is 1. The van der Waals surface area contributed by atoms with E-state index in [1.165, 1.54) is 0 Å². The van der Waals surface area contributed by atoms with Crippen LogP contribution in [0.3, 0.4) is 0 Å². The van der Waals surface area contributed by atoms with Gasteiger partial charge in [-0.25, -0.2) is 0 Å². The summed E-state index contributed by atoms with van der Waals surface area (Å²) in [5, 5.41) is 11.3. The molecule has 0 radical (unpaired) electrons. The highest BCUT2D eigenvalue weighted by Gasteiger charge is 2.17. The quantitative estimate of drug-likeness (QED) is 0.658. The minimum Gasteiger partial charge on any atom is -0.355 e. The van der Waals surface area contributed by atoms with Crippen LogP contribution in [0.15, 0.2) is 0 Å². The van der Waals surface area contributed by atoms with Crippen LogP contribution in [-0.4, -0.2) is 36.5 Å². The van der Waals surface area contributed by atoms with Gasteiger partial charge < -0.3 is 5.32 Å². The third-order valence-corrected chi connectivity index (χ3v) is 2.36. The molecule has 4 heteroatoms. The first-order valence-corrected chi connectivity index (χ1v) is 4.61. The summed E-state index contributed by atoms with van der Waals surface area (Å²) in [6, 6.07) is 2.41. The van der Waals surface area contributed by atoms with Gasteiger partial charge in [-0.3, -0.25) is 9.69 Å². The fraction of sp³-hybridized carbons (Fsp3) is 0.778. The largest absolute Gasteiger partial charge is 0.355 e. The van der Waals surface area contributed by atoms with Crippen molar-refractivity contribution < 1.29 is 4.79 Å². The van der Waals surface area contributed by atoms with Crippen LogP contribution in [-0.2, 0) is 4.79 Å². The maximum absolute atomic E-state index is 11.0. The van der Waals surface area contributed by atoms with Gasteiger partial charge in [-0.05, 0) is 6.92 Å². The summed E-state index contributed by atoms with van der Waals surface area (Å²) in [5.74, 6) is 0.117. The molecule has 72 valence electrons. The summed E-state index contributed by atoms with van der Waals surface area (Å²) in [5.41, 5.74) is 0. The van der Waals surface area contributed by atoms with Crippen molar-refractivity contribution in [2.75, 3.05) is 19.6 Å². The van der Waals surface area contributed by atoms with E-state index < -0.39 is 0 Å². The zero-order chi connectivity index (χ0) is 9.68. The fourth-order valence-corrected chi connectivity index (χ4v) is 1.49. The summed E-state index contributed by atoms with van der Waals surface area (Å²) in [6.45, 7) is 4.36. The SMILES string of the molecule is CC(CC#N)N1CCNC(=O)CC1. The van der Waals surface area contributed by atoms with Gasteiger partial charge in [-0.2, -0.15) is 5.26 Å². The van der Waals surface area contributed by atoms with Gasteiger partial charge in [0.1, 0.15) is 0 Å². The van der Waals surface area contributed by atoms with E-state index in [0.717, 1.165) is 13.1 Å². The van der Waals surface area contributed by atoms with E-state index in [2.05, 4.69) is 16.3 Å². The lowest BCUT2D eigenvalue weighted by Crippen LogP contribution is -2.35. The highest BCUT2D eigenvalue weighted by atomic mass is 16.1. The minimum absolute atomic E-state index is 0.117. The van der Waals surface area contributed by atoms with E-state index in [1.54, 1.807) is 0 Å². The average molecular weight is 181 g/mol. The van der Waals surface area contributed by atoms with E-state index in [9.17, 15) is 4.79 Å². The topological polar surface area (TPSA) is 56.1 Å². The van der Waals surface area contributed by atoms with Crippen molar-refractivity contribution in [3.8, 4) is 6.07 Å². The second-order valence-corrected chi connectivity index (χ2v) is 3.35. The van der Waals surface area contributed by atoms with Crippen molar-refractivity contribution in [1.82, 2.24) is 10.2 Å². The van der Waals surface area contributed by atoms with Gasteiger partial charge in [0, 0.05) is 32.1 Å². The number of hydrogen-bond acceptors (Lipinski definition) is 3. The van der Waals surface area contributed by atoms with Crippen LogP contribution in [0.1, 0.15) is 19.8 Å². The molecule has 1 heterocycles. The molecule has 0 saturated carbocycles. The molecule has 0 aromatic carbocycles. The molecule has 1 saturated heterocycles. The van der Waals surface area contributed by atoms with Crippen molar-refractivity contribution in [3.05, 3.63) is 0 Å². The first-order chi connectivity index (χ1) is 6.24. The zero-order valence-electron chi connectivity index (χ0n) is 7.92. The van der Waals surface area contributed by atoms with Crippen LogP contribution in [0, 0.1) is 11.3 Å². The average Bonchev–Trinajstić information content (AvgIpc) is 2.30. The molecule has 1 aliphatic heterocycles. The maximum atomic E-state index is 11.0. The predicted octanol–water partition coefficient (Wildman–Crippen LogP) is 0.110. The molecule has 1 N–H and O–H groups in total. The van der Waals surface area contributed by atoms with Gasteiger partial charge in [-0.15, -0.1) is 0 Å². The third-order valence-electron chi connectivity index (χ3n) is 2.36. The normalized spacial score (nSPS) is 21.4. The van der Waals surface area contributed by atoms with E-state index >= 15 is 0 Å². The molecule has 4 nitrogen and oxygen atoms in total. The molecule has 1 unspecified atom stereocenters. The number of amides is 1. The highest BCUT2D eigenvalue weighted by molar-refractivity contribution is 5.76. The molecule has 1 fully saturated rings. The van der Waals surface area contributed by atoms with Crippen molar-refractivity contribution in [2.45, 2.75) is 25.8 Å². The van der Waals surface area contributed by atoms with Crippen LogP contribution < -0.4 is 5.32 Å². The van der Waals surface area contributed by atoms with E-state index in [0.29, 0.717) is 19.4 Å². The molecule has 1 atom stereocenters.